The first-order chi connectivity index (χ1) is 15.4. The van der Waals surface area contributed by atoms with Gasteiger partial charge in [0.15, 0.2) is 5.76 Å². The van der Waals surface area contributed by atoms with Crippen LogP contribution in [0.15, 0.2) is 64.8 Å². The second-order valence-corrected chi connectivity index (χ2v) is 9.67. The second kappa shape index (κ2) is 9.32. The van der Waals surface area contributed by atoms with E-state index in [2.05, 4.69) is 14.9 Å². The maximum absolute atomic E-state index is 12.9. The lowest BCUT2D eigenvalue weighted by Crippen LogP contribution is -2.25. The molecule has 0 radical (unpaired) electrons. The fourth-order valence-electron chi connectivity index (χ4n) is 3.58. The van der Waals surface area contributed by atoms with Gasteiger partial charge in [0.2, 0.25) is 21.8 Å². The highest BCUT2D eigenvalue weighted by atomic mass is 35.5. The van der Waals surface area contributed by atoms with Gasteiger partial charge >= 0.3 is 0 Å². The molecule has 4 rings (SSSR count). The minimum Gasteiger partial charge on any atom is -0.461 e. The predicted molar refractivity (Wildman–Crippen MR) is 124 cm³/mol. The molecule has 0 saturated heterocycles. The molecular formula is C22H23ClN4O4S. The summed E-state index contributed by atoms with van der Waals surface area (Å²) < 4.78 is 41.2. The third kappa shape index (κ3) is 4.79. The molecule has 0 fully saturated rings. The summed E-state index contributed by atoms with van der Waals surface area (Å²) in [5.74, 6) is 0.813. The van der Waals surface area contributed by atoms with Crippen molar-refractivity contribution in [3.05, 3.63) is 71.0 Å². The van der Waals surface area contributed by atoms with Crippen molar-refractivity contribution in [2.24, 2.45) is 0 Å². The van der Waals surface area contributed by atoms with Crippen LogP contribution in [0.3, 0.4) is 0 Å². The fourth-order valence-corrected chi connectivity index (χ4v) is 4.73. The Morgan fingerprint density at radius 2 is 2.03 bits per heavy atom. The van der Waals surface area contributed by atoms with Crippen molar-refractivity contribution in [3.63, 3.8) is 0 Å². The largest absolute Gasteiger partial charge is 0.461 e. The maximum Gasteiger partial charge on any atom is 0.243 e. The summed E-state index contributed by atoms with van der Waals surface area (Å²) in [6.07, 6.45) is 6.19. The summed E-state index contributed by atoms with van der Waals surface area (Å²) in [5, 5.41) is 8.95. The molecule has 1 aliphatic carbocycles. The van der Waals surface area contributed by atoms with Gasteiger partial charge < -0.3 is 9.15 Å². The van der Waals surface area contributed by atoms with E-state index in [0.717, 1.165) is 16.8 Å². The lowest BCUT2D eigenvalue weighted by molar-refractivity contribution is 0.145. The van der Waals surface area contributed by atoms with E-state index < -0.39 is 10.0 Å². The van der Waals surface area contributed by atoms with Crippen LogP contribution in [-0.4, -0.2) is 42.1 Å². The number of hydrogen-bond acceptors (Lipinski definition) is 6. The minimum atomic E-state index is -3.72. The van der Waals surface area contributed by atoms with Gasteiger partial charge in [-0.2, -0.15) is 0 Å². The number of rotatable bonds is 8. The molecule has 8 nitrogen and oxygen atoms in total. The summed E-state index contributed by atoms with van der Waals surface area (Å²) in [7, 11) is -2.10. The van der Waals surface area contributed by atoms with Gasteiger partial charge in [0.05, 0.1) is 17.7 Å². The van der Waals surface area contributed by atoms with Crippen molar-refractivity contribution in [2.45, 2.75) is 25.9 Å². The molecule has 0 aliphatic heterocycles. The van der Waals surface area contributed by atoms with E-state index in [1.54, 1.807) is 48.1 Å². The topological polar surface area (TPSA) is 99.2 Å². The molecule has 3 aromatic rings. The number of sulfonamides is 1. The molecule has 32 heavy (non-hydrogen) atoms. The van der Waals surface area contributed by atoms with E-state index in [9.17, 15) is 8.42 Å². The highest BCUT2D eigenvalue weighted by molar-refractivity contribution is 7.92. The predicted octanol–water partition coefficient (Wildman–Crippen LogP) is 4.38. The Bertz CT molecular complexity index is 1250. The molecule has 0 saturated carbocycles. The summed E-state index contributed by atoms with van der Waals surface area (Å²) >= 11 is 5.90. The Hall–Kier alpha value is -2.88. The van der Waals surface area contributed by atoms with Crippen molar-refractivity contribution < 1.29 is 17.6 Å². The molecule has 0 spiro atoms. The zero-order valence-electron chi connectivity index (χ0n) is 17.7. The van der Waals surface area contributed by atoms with Gasteiger partial charge in [-0.25, -0.2) is 8.42 Å². The minimum absolute atomic E-state index is 0.0826. The number of hydrogen-bond donors (Lipinski definition) is 1. The van der Waals surface area contributed by atoms with Crippen LogP contribution in [0.4, 0.5) is 5.95 Å². The van der Waals surface area contributed by atoms with Crippen LogP contribution >= 0.6 is 11.6 Å². The van der Waals surface area contributed by atoms with Crippen molar-refractivity contribution in [2.75, 3.05) is 17.6 Å². The van der Waals surface area contributed by atoms with Gasteiger partial charge in [0.1, 0.15) is 6.10 Å². The van der Waals surface area contributed by atoms with Crippen LogP contribution in [0.2, 0.25) is 5.02 Å². The first-order valence-corrected chi connectivity index (χ1v) is 12.1. The summed E-state index contributed by atoms with van der Waals surface area (Å²) in [6.45, 7) is 1.93. The number of aromatic nitrogens is 3. The van der Waals surface area contributed by atoms with Crippen molar-refractivity contribution >= 4 is 33.3 Å². The highest BCUT2D eigenvalue weighted by Crippen LogP contribution is 2.33. The first-order valence-electron chi connectivity index (χ1n) is 10.0. The molecule has 1 aromatic carbocycles. The molecule has 1 unspecified atom stereocenters. The van der Waals surface area contributed by atoms with E-state index in [-0.39, 0.29) is 17.8 Å². The molecule has 168 valence electrons. The zero-order chi connectivity index (χ0) is 22.7. The number of methoxy groups -OCH3 is 1. The van der Waals surface area contributed by atoms with Gasteiger partial charge in [-0.1, -0.05) is 35.9 Å². The Balaban J connectivity index is 1.68. The van der Waals surface area contributed by atoms with Crippen molar-refractivity contribution in [1.29, 1.82) is 0 Å². The number of furan rings is 1. The quantitative estimate of drug-likeness (QED) is 0.520. The third-order valence-electron chi connectivity index (χ3n) is 5.18. The van der Waals surface area contributed by atoms with Crippen molar-refractivity contribution in [1.82, 2.24) is 14.8 Å². The van der Waals surface area contributed by atoms with Crippen molar-refractivity contribution in [3.8, 4) is 11.6 Å². The fraction of sp³-hybridized carbons (Fsp3) is 0.273. The molecular weight excluding hydrogens is 452 g/mol. The smallest absolute Gasteiger partial charge is 0.243 e. The average Bonchev–Trinajstić information content (AvgIpc) is 3.43. The maximum atomic E-state index is 12.9. The number of aryl methyl sites for hydroxylation is 1. The van der Waals surface area contributed by atoms with E-state index in [0.29, 0.717) is 29.4 Å². The van der Waals surface area contributed by atoms with Gasteiger partial charge in [0, 0.05) is 12.1 Å². The number of anilines is 1. The van der Waals surface area contributed by atoms with Crippen LogP contribution < -0.4 is 4.72 Å². The normalized spacial score (nSPS) is 16.5. The summed E-state index contributed by atoms with van der Waals surface area (Å²) in [5.41, 5.74) is 2.53. The standard InChI is InChI=1S/C22H23ClN4O4S/c1-15-5-3-6-18(30-2)20(15)27-21(19-7-4-13-31-19)24-25-22(27)26-32(28,29)14-12-16-8-10-17(23)11-9-16/h3-5,7-11,13,18H,6,12,14H2,1-2H3,(H,25,26). The van der Waals surface area contributed by atoms with E-state index in [1.165, 1.54) is 6.26 Å². The van der Waals surface area contributed by atoms with Crippen LogP contribution in [0, 0.1) is 0 Å². The van der Waals surface area contributed by atoms with Crippen LogP contribution in [0.1, 0.15) is 18.9 Å². The van der Waals surface area contributed by atoms with Crippen LogP contribution in [-0.2, 0) is 21.2 Å². The summed E-state index contributed by atoms with van der Waals surface area (Å²) in [6, 6.07) is 10.6. The number of nitrogens with zero attached hydrogens (tertiary/aromatic N) is 3. The molecule has 0 amide bonds. The SMILES string of the molecule is COC1CC=CC(C)=C1n1c(NS(=O)(=O)CCc2ccc(Cl)cc2)nnc1-c1ccco1. The monoisotopic (exact) mass is 474 g/mol. The van der Waals surface area contributed by atoms with E-state index in [4.69, 9.17) is 20.8 Å². The van der Waals surface area contributed by atoms with Gasteiger partial charge in [-0.3, -0.25) is 9.29 Å². The lowest BCUT2D eigenvalue weighted by Gasteiger charge is -2.25. The van der Waals surface area contributed by atoms with Gasteiger partial charge in [-0.05, 0) is 55.2 Å². The number of ether oxygens (including phenoxy) is 1. The Labute approximate surface area is 191 Å². The molecule has 10 heteroatoms. The van der Waals surface area contributed by atoms with Crippen LogP contribution in [0.5, 0.6) is 0 Å². The molecule has 2 heterocycles. The van der Waals surface area contributed by atoms with Crippen LogP contribution in [0.25, 0.3) is 17.3 Å². The van der Waals surface area contributed by atoms with E-state index in [1.807, 2.05) is 19.1 Å². The highest BCUT2D eigenvalue weighted by Gasteiger charge is 2.28. The average molecular weight is 475 g/mol. The number of nitrogens with one attached hydrogen (secondary N) is 1. The number of benzene rings is 1. The summed E-state index contributed by atoms with van der Waals surface area (Å²) in [4.78, 5) is 0. The lowest BCUT2D eigenvalue weighted by atomic mass is 10.0. The Morgan fingerprint density at radius 3 is 2.72 bits per heavy atom. The number of halogens is 1. The molecule has 2 aromatic heterocycles. The van der Waals surface area contributed by atoms with Gasteiger partial charge in [-0.15, -0.1) is 10.2 Å². The number of allylic oxidation sites excluding steroid dienone is 2. The zero-order valence-corrected chi connectivity index (χ0v) is 19.2. The van der Waals surface area contributed by atoms with E-state index >= 15 is 0 Å². The first kappa shape index (κ1) is 22.3. The molecule has 1 N–H and O–H groups in total. The van der Waals surface area contributed by atoms with Gasteiger partial charge in [0.25, 0.3) is 0 Å². The third-order valence-corrected chi connectivity index (χ3v) is 6.66. The second-order valence-electron chi connectivity index (χ2n) is 7.39. The molecule has 1 aliphatic rings. The molecule has 1 atom stereocenters. The Morgan fingerprint density at radius 1 is 1.25 bits per heavy atom. The molecule has 0 bridgehead atoms. The Kier molecular flexibility index (Phi) is 6.50.